The Kier molecular flexibility index (Phi) is 7.08. The Balaban J connectivity index is 1.33. The zero-order valence-electron chi connectivity index (χ0n) is 20.7. The Bertz CT molecular complexity index is 1410. The van der Waals surface area contributed by atoms with E-state index >= 15 is 0 Å². The molecule has 1 fully saturated rings. The van der Waals surface area contributed by atoms with Crippen molar-refractivity contribution in [3.05, 3.63) is 83.7 Å². The molecule has 1 aliphatic carbocycles. The van der Waals surface area contributed by atoms with Gasteiger partial charge in [-0.1, -0.05) is 42.0 Å². The van der Waals surface area contributed by atoms with E-state index < -0.39 is 22.0 Å². The summed E-state index contributed by atoms with van der Waals surface area (Å²) >= 11 is 0. The second kappa shape index (κ2) is 10.4. The Morgan fingerprint density at radius 2 is 1.95 bits per heavy atom. The smallest absolute Gasteiger partial charge is 0.243 e. The first kappa shape index (κ1) is 25.1. The van der Waals surface area contributed by atoms with Crippen molar-refractivity contribution in [3.63, 3.8) is 0 Å². The van der Waals surface area contributed by atoms with Crippen LogP contribution in [0.4, 0.5) is 0 Å². The highest BCUT2D eigenvalue weighted by atomic mass is 32.2. The van der Waals surface area contributed by atoms with Crippen LogP contribution in [0, 0.1) is 6.92 Å². The van der Waals surface area contributed by atoms with Gasteiger partial charge in [-0.05, 0) is 66.6 Å². The molecule has 0 radical (unpaired) electrons. The molecule has 8 nitrogen and oxygen atoms in total. The van der Waals surface area contributed by atoms with Crippen LogP contribution < -0.4 is 10.6 Å². The second-order valence-electron chi connectivity index (χ2n) is 9.61. The lowest BCUT2D eigenvalue weighted by Crippen LogP contribution is -2.58. The summed E-state index contributed by atoms with van der Waals surface area (Å²) in [7, 11) is -3.93. The predicted molar refractivity (Wildman–Crippen MR) is 140 cm³/mol. The first-order valence-corrected chi connectivity index (χ1v) is 14.0. The molecule has 37 heavy (non-hydrogen) atoms. The maximum Gasteiger partial charge on any atom is 0.243 e. The molecule has 9 heteroatoms. The third-order valence-corrected chi connectivity index (χ3v) is 9.00. The van der Waals surface area contributed by atoms with Crippen molar-refractivity contribution in [1.82, 2.24) is 19.9 Å². The van der Waals surface area contributed by atoms with Gasteiger partial charge in [0.1, 0.15) is 6.04 Å². The van der Waals surface area contributed by atoms with Crippen molar-refractivity contribution in [2.24, 2.45) is 0 Å². The van der Waals surface area contributed by atoms with Crippen LogP contribution in [0.1, 0.15) is 42.0 Å². The molecule has 192 valence electrons. The molecule has 1 saturated heterocycles. The van der Waals surface area contributed by atoms with Gasteiger partial charge >= 0.3 is 0 Å². The van der Waals surface area contributed by atoms with Gasteiger partial charge in [0.2, 0.25) is 21.8 Å². The van der Waals surface area contributed by atoms with Crippen LogP contribution in [-0.2, 0) is 26.0 Å². The minimum atomic E-state index is -3.93. The number of rotatable bonds is 6. The largest absolute Gasteiger partial charge is 0.353 e. The van der Waals surface area contributed by atoms with Crippen molar-refractivity contribution in [2.75, 3.05) is 13.1 Å². The number of pyridine rings is 1. The Morgan fingerprint density at radius 3 is 2.70 bits per heavy atom. The van der Waals surface area contributed by atoms with Crippen molar-refractivity contribution < 1.29 is 18.0 Å². The van der Waals surface area contributed by atoms with Crippen LogP contribution in [0.3, 0.4) is 0 Å². The molecule has 1 aromatic heterocycles. The lowest BCUT2D eigenvalue weighted by Gasteiger charge is -2.34. The van der Waals surface area contributed by atoms with Gasteiger partial charge < -0.3 is 10.6 Å². The number of carbonyl (C=O) groups is 2. The van der Waals surface area contributed by atoms with E-state index in [0.29, 0.717) is 0 Å². The second-order valence-corrected chi connectivity index (χ2v) is 11.5. The molecular weight excluding hydrogens is 488 g/mol. The molecule has 1 aliphatic heterocycles. The number of hydrogen-bond acceptors (Lipinski definition) is 5. The summed E-state index contributed by atoms with van der Waals surface area (Å²) in [5.41, 5.74) is 5.29. The number of hydrogen-bond donors (Lipinski definition) is 2. The lowest BCUT2D eigenvalue weighted by molar-refractivity contribution is -0.132. The zero-order chi connectivity index (χ0) is 26.0. The van der Waals surface area contributed by atoms with Gasteiger partial charge in [0.15, 0.2) is 0 Å². The molecule has 2 aliphatic rings. The number of benzene rings is 2. The molecule has 2 atom stereocenters. The summed E-state index contributed by atoms with van der Waals surface area (Å²) in [6.07, 6.45) is 5.96. The lowest BCUT2D eigenvalue weighted by atomic mass is 9.85. The molecule has 2 heterocycles. The topological polar surface area (TPSA) is 108 Å². The number of fused-ring (bicyclic) bond motifs is 1. The predicted octanol–water partition coefficient (Wildman–Crippen LogP) is 3.13. The first-order chi connectivity index (χ1) is 17.8. The van der Waals surface area contributed by atoms with Gasteiger partial charge in [0, 0.05) is 25.5 Å². The van der Waals surface area contributed by atoms with Crippen molar-refractivity contribution in [1.29, 1.82) is 0 Å². The van der Waals surface area contributed by atoms with E-state index in [-0.39, 0.29) is 36.4 Å². The Labute approximate surface area is 217 Å². The van der Waals surface area contributed by atoms with Gasteiger partial charge in [-0.15, -0.1) is 0 Å². The summed E-state index contributed by atoms with van der Waals surface area (Å²) in [6, 6.07) is 15.4. The fourth-order valence-electron chi connectivity index (χ4n) is 5.13. The maximum absolute atomic E-state index is 13.3. The molecule has 2 aromatic carbocycles. The summed E-state index contributed by atoms with van der Waals surface area (Å²) < 4.78 is 27.9. The quantitative estimate of drug-likeness (QED) is 0.521. The Morgan fingerprint density at radius 1 is 1.14 bits per heavy atom. The highest BCUT2D eigenvalue weighted by Crippen LogP contribution is 2.33. The normalized spacial score (nSPS) is 20.1. The van der Waals surface area contributed by atoms with Crippen LogP contribution in [0.25, 0.3) is 11.1 Å². The number of aryl methyl sites for hydroxylation is 2. The number of piperazine rings is 1. The van der Waals surface area contributed by atoms with Gasteiger partial charge in [-0.2, -0.15) is 4.31 Å². The monoisotopic (exact) mass is 518 g/mol. The first-order valence-electron chi connectivity index (χ1n) is 12.5. The van der Waals surface area contributed by atoms with E-state index in [9.17, 15) is 18.0 Å². The van der Waals surface area contributed by atoms with Crippen LogP contribution in [0.15, 0.2) is 71.9 Å². The van der Waals surface area contributed by atoms with E-state index in [4.69, 9.17) is 0 Å². The van der Waals surface area contributed by atoms with Crippen LogP contribution in [0.5, 0.6) is 0 Å². The van der Waals surface area contributed by atoms with Gasteiger partial charge in [-0.3, -0.25) is 14.6 Å². The average molecular weight is 519 g/mol. The van der Waals surface area contributed by atoms with E-state index in [0.717, 1.165) is 45.8 Å². The van der Waals surface area contributed by atoms with E-state index in [1.807, 2.05) is 37.4 Å². The van der Waals surface area contributed by atoms with E-state index in [1.165, 1.54) is 17.7 Å². The minimum Gasteiger partial charge on any atom is -0.353 e. The molecule has 3 aromatic rings. The van der Waals surface area contributed by atoms with Crippen LogP contribution in [0.2, 0.25) is 0 Å². The maximum atomic E-state index is 13.3. The summed E-state index contributed by atoms with van der Waals surface area (Å²) in [6.45, 7) is 2.20. The molecule has 0 bridgehead atoms. The van der Waals surface area contributed by atoms with E-state index in [1.54, 1.807) is 18.3 Å². The number of amides is 2. The summed E-state index contributed by atoms with van der Waals surface area (Å²) in [5, 5.41) is 5.78. The molecule has 1 unspecified atom stereocenters. The molecule has 2 amide bonds. The van der Waals surface area contributed by atoms with Gasteiger partial charge in [-0.25, -0.2) is 8.42 Å². The molecule has 0 saturated carbocycles. The van der Waals surface area contributed by atoms with Crippen LogP contribution in [-0.4, -0.2) is 48.7 Å². The average Bonchev–Trinajstić information content (AvgIpc) is 2.90. The highest BCUT2D eigenvalue weighted by molar-refractivity contribution is 7.89. The fourth-order valence-corrected chi connectivity index (χ4v) is 6.72. The van der Waals surface area contributed by atoms with Crippen molar-refractivity contribution >= 4 is 21.8 Å². The zero-order valence-corrected chi connectivity index (χ0v) is 21.5. The Hall–Kier alpha value is -3.56. The molecule has 0 spiro atoms. The van der Waals surface area contributed by atoms with Crippen molar-refractivity contribution in [3.8, 4) is 11.1 Å². The highest BCUT2D eigenvalue weighted by Gasteiger charge is 2.40. The van der Waals surface area contributed by atoms with Gasteiger partial charge in [0.25, 0.3) is 0 Å². The van der Waals surface area contributed by atoms with E-state index in [2.05, 4.69) is 21.7 Å². The van der Waals surface area contributed by atoms with Crippen molar-refractivity contribution in [2.45, 2.75) is 49.6 Å². The number of nitrogens with one attached hydrogen (secondary N) is 2. The molecule has 2 N–H and O–H groups in total. The number of nitrogens with zero attached hydrogens (tertiary/aromatic N) is 2. The number of sulfonamides is 1. The van der Waals surface area contributed by atoms with Crippen LogP contribution >= 0.6 is 0 Å². The SMILES string of the molecule is Cc1ccc(S(=O)(=O)N2CCNC(=O)C2CC(=O)N[C@@H]2CCCc3cc(-c4cccnc4)ccc32)cc1. The minimum absolute atomic E-state index is 0.114. The van der Waals surface area contributed by atoms with Gasteiger partial charge in [0.05, 0.1) is 17.4 Å². The standard InChI is InChI=1S/C28H30N4O4S/c1-19-7-10-23(11-8-19)37(35,36)32-15-14-30-28(34)26(32)17-27(33)31-25-6-2-4-21-16-20(9-12-24(21)25)22-5-3-13-29-18-22/h3,5,7-13,16,18,25-26H,2,4,6,14-15,17H2,1H3,(H,30,34)(H,31,33)/t25-,26?/m1/s1. The molecular formula is C28H30N4O4S. The third-order valence-electron chi connectivity index (χ3n) is 7.08. The fraction of sp³-hybridized carbons (Fsp3) is 0.321. The summed E-state index contributed by atoms with van der Waals surface area (Å²) in [4.78, 5) is 30.2. The number of carbonyl (C=O) groups excluding carboxylic acids is 2. The number of aromatic nitrogens is 1. The third kappa shape index (κ3) is 5.28. The molecule has 5 rings (SSSR count). The summed E-state index contributed by atoms with van der Waals surface area (Å²) in [5.74, 6) is -0.803.